The topological polar surface area (TPSA) is 43.8 Å². The SMILES string of the molecule is Cc1cc(C(C)(C)C)ccc1-c1cn(C)nc1CN. The second kappa shape index (κ2) is 4.82. The second-order valence-corrected chi connectivity index (χ2v) is 6.15. The van der Waals surface area contributed by atoms with E-state index in [9.17, 15) is 0 Å². The third kappa shape index (κ3) is 2.71. The summed E-state index contributed by atoms with van der Waals surface area (Å²) < 4.78 is 1.83. The Labute approximate surface area is 115 Å². The molecular weight excluding hydrogens is 234 g/mol. The fourth-order valence-corrected chi connectivity index (χ4v) is 2.34. The third-order valence-electron chi connectivity index (χ3n) is 3.48. The van der Waals surface area contributed by atoms with E-state index in [4.69, 9.17) is 5.73 Å². The summed E-state index contributed by atoms with van der Waals surface area (Å²) in [6, 6.07) is 6.66. The normalized spacial score (nSPS) is 11.9. The molecule has 0 aliphatic heterocycles. The van der Waals surface area contributed by atoms with Crippen molar-refractivity contribution in [2.24, 2.45) is 12.8 Å². The Morgan fingerprint density at radius 3 is 2.42 bits per heavy atom. The van der Waals surface area contributed by atoms with Crippen LogP contribution in [0.25, 0.3) is 11.1 Å². The van der Waals surface area contributed by atoms with Gasteiger partial charge in [-0.3, -0.25) is 4.68 Å². The molecule has 0 unspecified atom stereocenters. The predicted molar refractivity (Wildman–Crippen MR) is 80.0 cm³/mol. The van der Waals surface area contributed by atoms with Gasteiger partial charge in [-0.05, 0) is 29.0 Å². The lowest BCUT2D eigenvalue weighted by molar-refractivity contribution is 0.590. The van der Waals surface area contributed by atoms with Gasteiger partial charge in [-0.2, -0.15) is 5.10 Å². The maximum Gasteiger partial charge on any atom is 0.0838 e. The molecular formula is C16H23N3. The van der Waals surface area contributed by atoms with Crippen molar-refractivity contribution in [1.82, 2.24) is 9.78 Å². The molecule has 1 aromatic heterocycles. The van der Waals surface area contributed by atoms with E-state index in [2.05, 4.69) is 51.0 Å². The zero-order valence-corrected chi connectivity index (χ0v) is 12.5. The molecule has 0 aliphatic rings. The number of hydrogen-bond acceptors (Lipinski definition) is 2. The summed E-state index contributed by atoms with van der Waals surface area (Å²) in [4.78, 5) is 0. The molecule has 3 heteroatoms. The minimum Gasteiger partial charge on any atom is -0.325 e. The summed E-state index contributed by atoms with van der Waals surface area (Å²) in [5.74, 6) is 0. The number of aryl methyl sites for hydroxylation is 2. The van der Waals surface area contributed by atoms with Crippen LogP contribution < -0.4 is 5.73 Å². The highest BCUT2D eigenvalue weighted by Gasteiger charge is 2.16. The van der Waals surface area contributed by atoms with E-state index in [1.54, 1.807) is 0 Å². The summed E-state index contributed by atoms with van der Waals surface area (Å²) in [6.45, 7) is 9.32. The number of rotatable bonds is 2. The standard InChI is InChI=1S/C16H23N3/c1-11-8-12(16(2,3)4)6-7-13(11)14-10-19(5)18-15(14)9-17/h6-8,10H,9,17H2,1-5H3. The number of hydrogen-bond donors (Lipinski definition) is 1. The van der Waals surface area contributed by atoms with Crippen LogP contribution >= 0.6 is 0 Å². The summed E-state index contributed by atoms with van der Waals surface area (Å²) in [5.41, 5.74) is 11.9. The van der Waals surface area contributed by atoms with E-state index >= 15 is 0 Å². The lowest BCUT2D eigenvalue weighted by atomic mass is 9.84. The third-order valence-corrected chi connectivity index (χ3v) is 3.48. The fourth-order valence-electron chi connectivity index (χ4n) is 2.34. The number of nitrogens with zero attached hydrogens (tertiary/aromatic N) is 2. The average molecular weight is 257 g/mol. The Hall–Kier alpha value is -1.61. The van der Waals surface area contributed by atoms with Gasteiger partial charge >= 0.3 is 0 Å². The van der Waals surface area contributed by atoms with Crippen LogP contribution in [-0.4, -0.2) is 9.78 Å². The van der Waals surface area contributed by atoms with Gasteiger partial charge in [-0.25, -0.2) is 0 Å². The average Bonchev–Trinajstić information content (AvgIpc) is 2.69. The maximum absolute atomic E-state index is 5.77. The van der Waals surface area contributed by atoms with Gasteiger partial charge in [-0.15, -0.1) is 0 Å². The van der Waals surface area contributed by atoms with Gasteiger partial charge in [0.25, 0.3) is 0 Å². The van der Waals surface area contributed by atoms with Crippen molar-refractivity contribution >= 4 is 0 Å². The van der Waals surface area contributed by atoms with Gasteiger partial charge < -0.3 is 5.73 Å². The quantitative estimate of drug-likeness (QED) is 0.898. The Morgan fingerprint density at radius 1 is 1.21 bits per heavy atom. The summed E-state index contributed by atoms with van der Waals surface area (Å²) in [7, 11) is 1.93. The summed E-state index contributed by atoms with van der Waals surface area (Å²) in [6.07, 6.45) is 2.04. The van der Waals surface area contributed by atoms with Gasteiger partial charge in [0.15, 0.2) is 0 Å². The first-order valence-electron chi connectivity index (χ1n) is 6.67. The molecule has 0 amide bonds. The molecule has 1 heterocycles. The van der Waals surface area contributed by atoms with E-state index in [-0.39, 0.29) is 5.41 Å². The van der Waals surface area contributed by atoms with E-state index in [0.29, 0.717) is 6.54 Å². The second-order valence-electron chi connectivity index (χ2n) is 6.15. The van der Waals surface area contributed by atoms with E-state index < -0.39 is 0 Å². The number of aromatic nitrogens is 2. The Balaban J connectivity index is 2.52. The van der Waals surface area contributed by atoms with Crippen LogP contribution in [0.3, 0.4) is 0 Å². The van der Waals surface area contributed by atoms with Crippen molar-refractivity contribution in [3.05, 3.63) is 41.2 Å². The molecule has 2 N–H and O–H groups in total. The van der Waals surface area contributed by atoms with Gasteiger partial charge in [0.05, 0.1) is 5.69 Å². The molecule has 0 atom stereocenters. The van der Waals surface area contributed by atoms with Crippen LogP contribution in [0.1, 0.15) is 37.6 Å². The number of benzene rings is 1. The minimum atomic E-state index is 0.176. The van der Waals surface area contributed by atoms with Crippen molar-refractivity contribution in [2.75, 3.05) is 0 Å². The van der Waals surface area contributed by atoms with E-state index in [1.165, 1.54) is 16.7 Å². The lowest BCUT2D eigenvalue weighted by Gasteiger charge is -2.20. The molecule has 102 valence electrons. The first-order valence-corrected chi connectivity index (χ1v) is 6.67. The molecule has 0 aliphatic carbocycles. The minimum absolute atomic E-state index is 0.176. The van der Waals surface area contributed by atoms with Crippen molar-refractivity contribution in [3.63, 3.8) is 0 Å². The van der Waals surface area contributed by atoms with Crippen LogP contribution in [0, 0.1) is 6.92 Å². The summed E-state index contributed by atoms with van der Waals surface area (Å²) >= 11 is 0. The zero-order chi connectivity index (χ0) is 14.2. The van der Waals surface area contributed by atoms with Crippen LogP contribution in [0.4, 0.5) is 0 Å². The van der Waals surface area contributed by atoms with E-state index in [0.717, 1.165) is 11.3 Å². The van der Waals surface area contributed by atoms with E-state index in [1.807, 2.05) is 17.9 Å². The van der Waals surface area contributed by atoms with Crippen LogP contribution in [0.15, 0.2) is 24.4 Å². The molecule has 0 saturated heterocycles. The molecule has 2 rings (SSSR count). The zero-order valence-electron chi connectivity index (χ0n) is 12.5. The maximum atomic E-state index is 5.77. The summed E-state index contributed by atoms with van der Waals surface area (Å²) in [5, 5.41) is 4.41. The molecule has 19 heavy (non-hydrogen) atoms. The molecule has 0 radical (unpaired) electrons. The highest BCUT2D eigenvalue weighted by molar-refractivity contribution is 5.69. The Bertz CT molecular complexity index is 589. The Morgan fingerprint density at radius 2 is 1.89 bits per heavy atom. The molecule has 0 spiro atoms. The first-order chi connectivity index (χ1) is 8.82. The van der Waals surface area contributed by atoms with Gasteiger partial charge in [-0.1, -0.05) is 39.0 Å². The smallest absolute Gasteiger partial charge is 0.0838 e. The molecule has 2 aromatic rings. The first kappa shape index (κ1) is 13.8. The van der Waals surface area contributed by atoms with Crippen LogP contribution in [-0.2, 0) is 19.0 Å². The highest BCUT2D eigenvalue weighted by atomic mass is 15.3. The molecule has 1 aromatic carbocycles. The Kier molecular flexibility index (Phi) is 3.50. The van der Waals surface area contributed by atoms with Crippen molar-refractivity contribution < 1.29 is 0 Å². The predicted octanol–water partition coefficient (Wildman–Crippen LogP) is 3.15. The lowest BCUT2D eigenvalue weighted by Crippen LogP contribution is -2.11. The van der Waals surface area contributed by atoms with Gasteiger partial charge in [0, 0.05) is 25.4 Å². The largest absolute Gasteiger partial charge is 0.325 e. The van der Waals surface area contributed by atoms with Gasteiger partial charge in [0.1, 0.15) is 0 Å². The highest BCUT2D eigenvalue weighted by Crippen LogP contribution is 2.30. The monoisotopic (exact) mass is 257 g/mol. The number of nitrogens with two attached hydrogens (primary N) is 1. The molecule has 0 fully saturated rings. The van der Waals surface area contributed by atoms with Crippen LogP contribution in [0.5, 0.6) is 0 Å². The van der Waals surface area contributed by atoms with Crippen LogP contribution in [0.2, 0.25) is 0 Å². The molecule has 3 nitrogen and oxygen atoms in total. The molecule has 0 bridgehead atoms. The van der Waals surface area contributed by atoms with Crippen molar-refractivity contribution in [1.29, 1.82) is 0 Å². The fraction of sp³-hybridized carbons (Fsp3) is 0.438. The van der Waals surface area contributed by atoms with Crippen molar-refractivity contribution in [3.8, 4) is 11.1 Å². The molecule has 0 saturated carbocycles. The van der Waals surface area contributed by atoms with Gasteiger partial charge in [0.2, 0.25) is 0 Å². The van der Waals surface area contributed by atoms with Crippen molar-refractivity contribution in [2.45, 2.75) is 39.7 Å².